The second-order valence-corrected chi connectivity index (χ2v) is 6.34. The summed E-state index contributed by atoms with van der Waals surface area (Å²) in [6.45, 7) is 8.08. The Morgan fingerprint density at radius 2 is 1.72 bits per heavy atom. The molecule has 0 bridgehead atoms. The molecule has 1 aromatic heterocycles. The van der Waals surface area contributed by atoms with Gasteiger partial charge in [-0.25, -0.2) is 4.98 Å². The lowest BCUT2D eigenvalue weighted by atomic mass is 10.1. The van der Waals surface area contributed by atoms with E-state index < -0.39 is 0 Å². The first-order chi connectivity index (χ1) is 12.3. The van der Waals surface area contributed by atoms with Crippen LogP contribution in [-0.2, 0) is 13.1 Å². The third kappa shape index (κ3) is 4.37. The van der Waals surface area contributed by atoms with Crippen LogP contribution in [0.25, 0.3) is 10.9 Å². The van der Waals surface area contributed by atoms with E-state index >= 15 is 0 Å². The van der Waals surface area contributed by atoms with Crippen molar-refractivity contribution in [2.75, 3.05) is 18.0 Å². The van der Waals surface area contributed by atoms with Gasteiger partial charge in [-0.1, -0.05) is 55.5 Å². The fourth-order valence-electron chi connectivity index (χ4n) is 3.09. The van der Waals surface area contributed by atoms with E-state index in [2.05, 4.69) is 84.7 Å². The Hall–Kier alpha value is -2.39. The minimum Gasteiger partial charge on any atom is -0.352 e. The molecular weight excluding hydrogens is 306 g/mol. The molecule has 3 rings (SSSR count). The first kappa shape index (κ1) is 17.4. The number of hydrogen-bond acceptors (Lipinski definition) is 3. The molecule has 0 atom stereocenters. The van der Waals surface area contributed by atoms with Crippen molar-refractivity contribution in [1.82, 2.24) is 10.3 Å². The van der Waals surface area contributed by atoms with Crippen LogP contribution in [-0.4, -0.2) is 18.1 Å². The predicted octanol–water partition coefficient (Wildman–Crippen LogP) is 4.76. The van der Waals surface area contributed by atoms with Crippen molar-refractivity contribution >= 4 is 16.7 Å². The summed E-state index contributed by atoms with van der Waals surface area (Å²) >= 11 is 0. The van der Waals surface area contributed by atoms with Gasteiger partial charge in [-0.15, -0.1) is 0 Å². The summed E-state index contributed by atoms with van der Waals surface area (Å²) in [6.07, 6.45) is 1.14. The number of pyridine rings is 1. The van der Waals surface area contributed by atoms with Gasteiger partial charge in [-0.05, 0) is 37.6 Å². The molecule has 0 amide bonds. The summed E-state index contributed by atoms with van der Waals surface area (Å²) in [4.78, 5) is 7.37. The maximum absolute atomic E-state index is 5.01. The number of anilines is 1. The van der Waals surface area contributed by atoms with E-state index in [-0.39, 0.29) is 0 Å². The van der Waals surface area contributed by atoms with Gasteiger partial charge in [-0.2, -0.15) is 0 Å². The normalized spacial score (nSPS) is 11.0. The number of rotatable bonds is 8. The van der Waals surface area contributed by atoms with Gasteiger partial charge in [0.05, 0.1) is 5.52 Å². The van der Waals surface area contributed by atoms with Crippen LogP contribution < -0.4 is 10.2 Å². The molecule has 0 aliphatic rings. The van der Waals surface area contributed by atoms with Crippen molar-refractivity contribution in [3.63, 3.8) is 0 Å². The average molecular weight is 333 g/mol. The molecule has 2 aromatic carbocycles. The first-order valence-corrected chi connectivity index (χ1v) is 9.20. The fourth-order valence-corrected chi connectivity index (χ4v) is 3.09. The van der Waals surface area contributed by atoms with Gasteiger partial charge in [0.25, 0.3) is 0 Å². The maximum atomic E-state index is 5.01. The lowest BCUT2D eigenvalue weighted by Gasteiger charge is -2.25. The Balaban J connectivity index is 1.96. The lowest BCUT2D eigenvalue weighted by Crippen LogP contribution is -2.26. The van der Waals surface area contributed by atoms with Gasteiger partial charge in [0, 0.05) is 30.6 Å². The molecular formula is C22H27N3. The molecule has 0 saturated heterocycles. The van der Waals surface area contributed by atoms with Gasteiger partial charge in [-0.3, -0.25) is 0 Å². The topological polar surface area (TPSA) is 28.2 Å². The van der Waals surface area contributed by atoms with Crippen molar-refractivity contribution in [1.29, 1.82) is 0 Å². The van der Waals surface area contributed by atoms with Gasteiger partial charge < -0.3 is 10.2 Å². The summed E-state index contributed by atoms with van der Waals surface area (Å²) in [7, 11) is 0. The standard InChI is InChI=1S/C22H27N3/c1-3-14-23-16-20-15-19-12-8-9-13-21(19)24-22(20)25(4-2)17-18-10-6-5-7-11-18/h5-13,15,23H,3-4,14,16-17H2,1-2H3. The van der Waals surface area contributed by atoms with Crippen LogP contribution in [0.1, 0.15) is 31.4 Å². The Morgan fingerprint density at radius 1 is 0.960 bits per heavy atom. The number of aromatic nitrogens is 1. The molecule has 3 nitrogen and oxygen atoms in total. The van der Waals surface area contributed by atoms with Crippen LogP contribution in [0.3, 0.4) is 0 Å². The summed E-state index contributed by atoms with van der Waals surface area (Å²) in [5, 5.41) is 4.74. The second kappa shape index (κ2) is 8.63. The van der Waals surface area contributed by atoms with E-state index in [1.54, 1.807) is 0 Å². The summed E-state index contributed by atoms with van der Waals surface area (Å²) in [6, 6.07) is 21.3. The van der Waals surface area contributed by atoms with Crippen molar-refractivity contribution in [3.05, 3.63) is 71.8 Å². The third-order valence-corrected chi connectivity index (χ3v) is 4.42. The average Bonchev–Trinajstić information content (AvgIpc) is 2.66. The number of para-hydroxylation sites is 1. The van der Waals surface area contributed by atoms with Crippen LogP contribution >= 0.6 is 0 Å². The molecule has 3 aromatic rings. The molecule has 1 N–H and O–H groups in total. The van der Waals surface area contributed by atoms with E-state index in [9.17, 15) is 0 Å². The van der Waals surface area contributed by atoms with Crippen molar-refractivity contribution in [3.8, 4) is 0 Å². The van der Waals surface area contributed by atoms with Crippen LogP contribution in [0, 0.1) is 0 Å². The number of nitrogens with zero attached hydrogens (tertiary/aromatic N) is 2. The largest absolute Gasteiger partial charge is 0.352 e. The first-order valence-electron chi connectivity index (χ1n) is 9.20. The molecule has 0 spiro atoms. The smallest absolute Gasteiger partial charge is 0.134 e. The van der Waals surface area contributed by atoms with E-state index in [1.165, 1.54) is 16.5 Å². The van der Waals surface area contributed by atoms with Crippen molar-refractivity contribution in [2.45, 2.75) is 33.4 Å². The third-order valence-electron chi connectivity index (χ3n) is 4.42. The van der Waals surface area contributed by atoms with E-state index in [0.29, 0.717) is 0 Å². The van der Waals surface area contributed by atoms with E-state index in [1.807, 2.05) is 0 Å². The highest BCUT2D eigenvalue weighted by Crippen LogP contribution is 2.25. The molecule has 0 aliphatic carbocycles. The molecule has 0 aliphatic heterocycles. The van der Waals surface area contributed by atoms with Gasteiger partial charge >= 0.3 is 0 Å². The van der Waals surface area contributed by atoms with E-state index in [0.717, 1.165) is 43.9 Å². The predicted molar refractivity (Wildman–Crippen MR) is 107 cm³/mol. The maximum Gasteiger partial charge on any atom is 0.134 e. The SMILES string of the molecule is CCCNCc1cc2ccccc2nc1N(CC)Cc1ccccc1. The molecule has 130 valence electrons. The summed E-state index contributed by atoms with van der Waals surface area (Å²) in [5.74, 6) is 1.09. The Labute approximate surface area is 150 Å². The zero-order chi connectivity index (χ0) is 17.5. The summed E-state index contributed by atoms with van der Waals surface area (Å²) < 4.78 is 0. The van der Waals surface area contributed by atoms with Crippen LogP contribution in [0.15, 0.2) is 60.7 Å². The Kier molecular flexibility index (Phi) is 6.02. The van der Waals surface area contributed by atoms with Crippen LogP contribution in [0.4, 0.5) is 5.82 Å². The lowest BCUT2D eigenvalue weighted by molar-refractivity contribution is 0.670. The van der Waals surface area contributed by atoms with Gasteiger partial charge in [0.1, 0.15) is 5.82 Å². The fraction of sp³-hybridized carbons (Fsp3) is 0.318. The van der Waals surface area contributed by atoms with Crippen LogP contribution in [0.5, 0.6) is 0 Å². The molecule has 0 saturated carbocycles. The number of fused-ring (bicyclic) bond motifs is 1. The molecule has 25 heavy (non-hydrogen) atoms. The monoisotopic (exact) mass is 333 g/mol. The molecule has 1 heterocycles. The Bertz CT molecular complexity index is 799. The highest BCUT2D eigenvalue weighted by atomic mass is 15.2. The second-order valence-electron chi connectivity index (χ2n) is 6.34. The van der Waals surface area contributed by atoms with Gasteiger partial charge in [0.15, 0.2) is 0 Å². The molecule has 3 heteroatoms. The highest BCUT2D eigenvalue weighted by molar-refractivity contribution is 5.81. The quantitative estimate of drug-likeness (QED) is 0.602. The van der Waals surface area contributed by atoms with Crippen molar-refractivity contribution in [2.24, 2.45) is 0 Å². The molecule has 0 fully saturated rings. The Morgan fingerprint density at radius 3 is 2.48 bits per heavy atom. The van der Waals surface area contributed by atoms with Crippen LogP contribution in [0.2, 0.25) is 0 Å². The number of benzene rings is 2. The zero-order valence-electron chi connectivity index (χ0n) is 15.2. The zero-order valence-corrected chi connectivity index (χ0v) is 15.2. The number of nitrogens with one attached hydrogen (secondary N) is 1. The number of hydrogen-bond donors (Lipinski definition) is 1. The highest BCUT2D eigenvalue weighted by Gasteiger charge is 2.13. The minimum atomic E-state index is 0.853. The molecule has 0 unspecified atom stereocenters. The molecule has 0 radical (unpaired) electrons. The van der Waals surface area contributed by atoms with E-state index in [4.69, 9.17) is 4.98 Å². The van der Waals surface area contributed by atoms with Gasteiger partial charge in [0.2, 0.25) is 0 Å². The minimum absolute atomic E-state index is 0.853. The summed E-state index contributed by atoms with van der Waals surface area (Å²) in [5.41, 5.74) is 3.64. The van der Waals surface area contributed by atoms with Crippen molar-refractivity contribution < 1.29 is 0 Å².